The van der Waals surface area contributed by atoms with Gasteiger partial charge in [0.2, 0.25) is 16.4 Å². The first-order valence-electron chi connectivity index (χ1n) is 10.3. The van der Waals surface area contributed by atoms with Crippen LogP contribution in [0.4, 0.5) is 5.69 Å². The maximum absolute atomic E-state index is 11.1. The lowest BCUT2D eigenvalue weighted by molar-refractivity contribution is -0.107. The molecule has 2 N–H and O–H groups in total. The van der Waals surface area contributed by atoms with Gasteiger partial charge in [0.25, 0.3) is 0 Å². The number of hydrogen-bond acceptors (Lipinski definition) is 4. The van der Waals surface area contributed by atoms with Crippen LogP contribution in [0.25, 0.3) is 11.3 Å². The number of nitrogens with two attached hydrogens (primary N) is 1. The van der Waals surface area contributed by atoms with Crippen molar-refractivity contribution in [3.63, 3.8) is 0 Å². The minimum Gasteiger partial charge on any atom is -0.314 e. The van der Waals surface area contributed by atoms with Crippen molar-refractivity contribution in [1.29, 1.82) is 0 Å². The van der Waals surface area contributed by atoms with Crippen molar-refractivity contribution >= 4 is 22.1 Å². The summed E-state index contributed by atoms with van der Waals surface area (Å²) in [6, 6.07) is 17.6. The van der Waals surface area contributed by atoms with Gasteiger partial charge in [-0.25, -0.2) is 13.6 Å². The summed E-state index contributed by atoms with van der Waals surface area (Å²) in [4.78, 5) is 16.8. The molecule has 2 aromatic carbocycles. The number of nitrogens with zero attached hydrogens (tertiary/aromatic N) is 2. The van der Waals surface area contributed by atoms with Gasteiger partial charge in [0, 0.05) is 23.5 Å². The molecule has 7 heteroatoms. The van der Waals surface area contributed by atoms with E-state index in [4.69, 9.17) is 5.14 Å². The van der Waals surface area contributed by atoms with E-state index in [2.05, 4.69) is 35.3 Å². The number of anilines is 1. The van der Waals surface area contributed by atoms with Crippen LogP contribution in [0.5, 0.6) is 0 Å². The van der Waals surface area contributed by atoms with Gasteiger partial charge in [0.05, 0.1) is 10.6 Å². The standard InChI is InChI=1S/C15H15N.C9H10N2O3S/c1-11-4-2-7-15(16-11)14-9-8-12-5-3-6-13(12)10-14;10-15(13,14)8-2-1-7-3-4-11(6-12)9(7)5-8/h2,4,7-10H,3,5-6H2,1H3;1-2,5-6H,3-4H2,(H2,10,13,14). The second-order valence-corrected chi connectivity index (χ2v) is 9.45. The topological polar surface area (TPSA) is 93.4 Å². The van der Waals surface area contributed by atoms with Crippen LogP contribution in [0.2, 0.25) is 0 Å². The normalized spacial score (nSPS) is 14.5. The van der Waals surface area contributed by atoms with Crippen molar-refractivity contribution in [2.45, 2.75) is 37.5 Å². The maximum Gasteiger partial charge on any atom is 0.238 e. The lowest BCUT2D eigenvalue weighted by atomic mass is 10.0. The van der Waals surface area contributed by atoms with Gasteiger partial charge >= 0.3 is 0 Å². The van der Waals surface area contributed by atoms with E-state index in [1.165, 1.54) is 53.0 Å². The summed E-state index contributed by atoms with van der Waals surface area (Å²) in [6.07, 6.45) is 5.23. The summed E-state index contributed by atoms with van der Waals surface area (Å²) in [7, 11) is -3.70. The van der Waals surface area contributed by atoms with Crippen LogP contribution in [0.15, 0.2) is 59.5 Å². The number of aromatic nitrogens is 1. The highest BCUT2D eigenvalue weighted by Gasteiger charge is 2.20. The Morgan fingerprint density at radius 3 is 2.48 bits per heavy atom. The highest BCUT2D eigenvalue weighted by molar-refractivity contribution is 7.89. The molecule has 2 heterocycles. The fourth-order valence-corrected chi connectivity index (χ4v) is 4.64. The zero-order valence-electron chi connectivity index (χ0n) is 17.4. The predicted molar refractivity (Wildman–Crippen MR) is 121 cm³/mol. The molecule has 0 saturated heterocycles. The Labute approximate surface area is 182 Å². The highest BCUT2D eigenvalue weighted by Crippen LogP contribution is 2.29. The lowest BCUT2D eigenvalue weighted by Gasteiger charge is -2.10. The van der Waals surface area contributed by atoms with Crippen molar-refractivity contribution in [3.05, 3.63) is 77.0 Å². The molecule has 0 spiro atoms. The van der Waals surface area contributed by atoms with E-state index >= 15 is 0 Å². The number of pyridine rings is 1. The molecule has 0 bridgehead atoms. The third kappa shape index (κ3) is 4.68. The van der Waals surface area contributed by atoms with Crippen molar-refractivity contribution in [2.24, 2.45) is 5.14 Å². The van der Waals surface area contributed by atoms with Gasteiger partial charge in [-0.3, -0.25) is 9.78 Å². The number of hydrogen-bond donors (Lipinski definition) is 1. The van der Waals surface area contributed by atoms with Crippen molar-refractivity contribution in [3.8, 4) is 11.3 Å². The molecule has 1 aliphatic heterocycles. The van der Waals surface area contributed by atoms with E-state index in [-0.39, 0.29) is 4.90 Å². The van der Waals surface area contributed by atoms with Crippen LogP contribution in [-0.2, 0) is 34.1 Å². The highest BCUT2D eigenvalue weighted by atomic mass is 32.2. The lowest BCUT2D eigenvalue weighted by Crippen LogP contribution is -2.18. The zero-order chi connectivity index (χ0) is 22.0. The third-order valence-corrected chi connectivity index (χ3v) is 6.64. The fraction of sp³-hybridized carbons (Fsp3) is 0.250. The first kappa shape index (κ1) is 21.2. The summed E-state index contributed by atoms with van der Waals surface area (Å²) in [5, 5.41) is 5.00. The SMILES string of the molecule is Cc1cccc(-c2ccc3c(c2)CCC3)n1.NS(=O)(=O)c1ccc2c(c1)N(C=O)CC2. The molecular weight excluding hydrogens is 410 g/mol. The Hall–Kier alpha value is -3.03. The van der Waals surface area contributed by atoms with Crippen molar-refractivity contribution in [1.82, 2.24) is 4.98 Å². The molecular formula is C24H25N3O3S. The summed E-state index contributed by atoms with van der Waals surface area (Å²) in [5.41, 5.74) is 8.07. The molecule has 1 amide bonds. The molecule has 6 nitrogen and oxygen atoms in total. The molecule has 2 aliphatic rings. The van der Waals surface area contributed by atoms with E-state index < -0.39 is 10.0 Å². The van der Waals surface area contributed by atoms with Gasteiger partial charge in [-0.2, -0.15) is 0 Å². The summed E-state index contributed by atoms with van der Waals surface area (Å²) in [6.45, 7) is 2.63. The first-order chi connectivity index (χ1) is 14.8. The number of benzene rings is 2. The molecule has 1 aliphatic carbocycles. The quantitative estimate of drug-likeness (QED) is 0.638. The van der Waals surface area contributed by atoms with E-state index in [1.54, 1.807) is 6.07 Å². The van der Waals surface area contributed by atoms with Gasteiger partial charge in [-0.05, 0) is 79.6 Å². The van der Waals surface area contributed by atoms with Crippen LogP contribution in [0.3, 0.4) is 0 Å². The molecule has 0 unspecified atom stereocenters. The molecule has 160 valence electrons. The molecule has 1 aromatic heterocycles. The maximum atomic E-state index is 11.1. The Balaban J connectivity index is 0.000000150. The number of primary sulfonamides is 1. The molecule has 0 saturated carbocycles. The van der Waals surface area contributed by atoms with Crippen LogP contribution in [-0.4, -0.2) is 26.4 Å². The molecule has 3 aromatic rings. The summed E-state index contributed by atoms with van der Waals surface area (Å²) in [5.74, 6) is 0. The first-order valence-corrected chi connectivity index (χ1v) is 11.8. The third-order valence-electron chi connectivity index (χ3n) is 5.73. The molecule has 31 heavy (non-hydrogen) atoms. The Morgan fingerprint density at radius 1 is 0.968 bits per heavy atom. The Kier molecular flexibility index (Phi) is 5.89. The minimum absolute atomic E-state index is 0.0370. The van der Waals surface area contributed by atoms with Crippen LogP contribution < -0.4 is 10.0 Å². The number of sulfonamides is 1. The van der Waals surface area contributed by atoms with Gasteiger partial charge < -0.3 is 4.90 Å². The van der Waals surface area contributed by atoms with Crippen LogP contribution in [0, 0.1) is 6.92 Å². The molecule has 0 fully saturated rings. The second-order valence-electron chi connectivity index (χ2n) is 7.89. The molecule has 0 atom stereocenters. The van der Waals surface area contributed by atoms with E-state index in [9.17, 15) is 13.2 Å². The smallest absolute Gasteiger partial charge is 0.238 e. The monoisotopic (exact) mass is 435 g/mol. The average Bonchev–Trinajstić information content (AvgIpc) is 3.39. The number of carbonyl (C=O) groups is 1. The largest absolute Gasteiger partial charge is 0.314 e. The average molecular weight is 436 g/mol. The van der Waals surface area contributed by atoms with Gasteiger partial charge in [0.15, 0.2) is 0 Å². The Bertz CT molecular complexity index is 1240. The summed E-state index contributed by atoms with van der Waals surface area (Å²) >= 11 is 0. The van der Waals surface area contributed by atoms with E-state index in [1.807, 2.05) is 13.0 Å². The number of amides is 1. The van der Waals surface area contributed by atoms with Crippen molar-refractivity contribution in [2.75, 3.05) is 11.4 Å². The number of aryl methyl sites for hydroxylation is 3. The summed E-state index contributed by atoms with van der Waals surface area (Å²) < 4.78 is 22.2. The van der Waals surface area contributed by atoms with E-state index in [0.29, 0.717) is 18.6 Å². The van der Waals surface area contributed by atoms with Gasteiger partial charge in [-0.15, -0.1) is 0 Å². The fourth-order valence-electron chi connectivity index (χ4n) is 4.11. The van der Waals surface area contributed by atoms with Gasteiger partial charge in [-0.1, -0.05) is 24.3 Å². The van der Waals surface area contributed by atoms with Crippen LogP contribution in [0.1, 0.15) is 28.8 Å². The minimum atomic E-state index is -3.70. The Morgan fingerprint density at radius 2 is 1.74 bits per heavy atom. The number of carbonyl (C=O) groups excluding carboxylic acids is 1. The number of rotatable bonds is 3. The number of fused-ring (bicyclic) bond motifs is 2. The predicted octanol–water partition coefficient (Wildman–Crippen LogP) is 3.40. The van der Waals surface area contributed by atoms with Crippen LogP contribution >= 0.6 is 0 Å². The second kappa shape index (κ2) is 8.61. The van der Waals surface area contributed by atoms with E-state index in [0.717, 1.165) is 23.4 Å². The molecule has 5 rings (SSSR count). The molecule has 0 radical (unpaired) electrons. The zero-order valence-corrected chi connectivity index (χ0v) is 18.2. The van der Waals surface area contributed by atoms with Crippen molar-refractivity contribution < 1.29 is 13.2 Å². The van der Waals surface area contributed by atoms with Gasteiger partial charge in [0.1, 0.15) is 0 Å².